The quantitative estimate of drug-likeness (QED) is 0.849. The van der Waals surface area contributed by atoms with E-state index in [4.69, 9.17) is 5.73 Å². The highest BCUT2D eigenvalue weighted by atomic mass is 32.2. The molecule has 1 fully saturated rings. The van der Waals surface area contributed by atoms with Crippen molar-refractivity contribution in [2.45, 2.75) is 36.9 Å². The Morgan fingerprint density at radius 2 is 2.00 bits per heavy atom. The predicted molar refractivity (Wildman–Crippen MR) is 76.5 cm³/mol. The molecule has 0 aliphatic carbocycles. The lowest BCUT2D eigenvalue weighted by molar-refractivity contribution is -0.140. The number of hydrogen-bond donors (Lipinski definition) is 1. The Bertz CT molecular complexity index is 674. The van der Waals surface area contributed by atoms with Crippen molar-refractivity contribution in [1.29, 1.82) is 0 Å². The Morgan fingerprint density at radius 3 is 2.57 bits per heavy atom. The molecule has 130 valence electrons. The number of nitrogens with two attached hydrogens (primary N) is 1. The Balaban J connectivity index is 2.36. The molecule has 1 aromatic rings. The Kier molecular flexibility index (Phi) is 5.03. The lowest BCUT2D eigenvalue weighted by Gasteiger charge is -2.33. The number of alkyl halides is 3. The van der Waals surface area contributed by atoms with Crippen molar-refractivity contribution in [3.8, 4) is 0 Å². The molecule has 1 heterocycles. The van der Waals surface area contributed by atoms with Crippen molar-refractivity contribution in [1.82, 2.24) is 4.31 Å². The maximum absolute atomic E-state index is 13.3. The molecule has 2 rings (SSSR count). The molecule has 9 heteroatoms. The molecule has 1 aliphatic heterocycles. The number of halogens is 4. The van der Waals surface area contributed by atoms with Crippen LogP contribution in [0.25, 0.3) is 0 Å². The summed E-state index contributed by atoms with van der Waals surface area (Å²) in [5, 5.41) is 0. The number of piperidine rings is 1. The van der Waals surface area contributed by atoms with Gasteiger partial charge in [-0.15, -0.1) is 0 Å². The van der Waals surface area contributed by atoms with E-state index in [-0.39, 0.29) is 25.0 Å². The molecule has 1 aliphatic rings. The first-order valence-corrected chi connectivity index (χ1v) is 8.60. The molecule has 4 nitrogen and oxygen atoms in total. The third-order valence-corrected chi connectivity index (χ3v) is 5.91. The standard InChI is InChI=1S/C14H18F4N2O2S/c1-9(19)10-3-2-6-20(8-10)23(21,22)11-4-5-13(15)12(7-11)14(16,17)18/h4-5,7,9-10H,2-3,6,8,19H2,1H3/t9-,10-/m0/s1. The lowest BCUT2D eigenvalue weighted by atomic mass is 9.93. The van der Waals surface area contributed by atoms with Crippen molar-refractivity contribution < 1.29 is 26.0 Å². The van der Waals surface area contributed by atoms with Gasteiger partial charge in [0.05, 0.1) is 10.5 Å². The summed E-state index contributed by atoms with van der Waals surface area (Å²) in [6.45, 7) is 2.13. The van der Waals surface area contributed by atoms with E-state index in [9.17, 15) is 26.0 Å². The van der Waals surface area contributed by atoms with Crippen molar-refractivity contribution in [3.05, 3.63) is 29.6 Å². The first kappa shape index (κ1) is 18.2. The van der Waals surface area contributed by atoms with E-state index < -0.39 is 32.5 Å². The first-order chi connectivity index (χ1) is 10.5. The number of sulfonamides is 1. The van der Waals surface area contributed by atoms with Gasteiger partial charge >= 0.3 is 6.18 Å². The van der Waals surface area contributed by atoms with Crippen LogP contribution in [-0.2, 0) is 16.2 Å². The van der Waals surface area contributed by atoms with Gasteiger partial charge in [-0.1, -0.05) is 0 Å². The van der Waals surface area contributed by atoms with Gasteiger partial charge in [0, 0.05) is 19.1 Å². The maximum atomic E-state index is 13.3. The molecule has 0 spiro atoms. The average molecular weight is 354 g/mol. The fourth-order valence-corrected chi connectivity index (χ4v) is 4.21. The molecule has 1 aromatic carbocycles. The third kappa shape index (κ3) is 3.84. The van der Waals surface area contributed by atoms with Crippen LogP contribution in [0.5, 0.6) is 0 Å². The van der Waals surface area contributed by atoms with E-state index in [1.165, 1.54) is 0 Å². The molecule has 2 N–H and O–H groups in total. The van der Waals surface area contributed by atoms with Crippen molar-refractivity contribution in [2.75, 3.05) is 13.1 Å². The van der Waals surface area contributed by atoms with Gasteiger partial charge in [-0.3, -0.25) is 0 Å². The molecule has 0 amide bonds. The second-order valence-electron chi connectivity index (χ2n) is 5.76. The highest BCUT2D eigenvalue weighted by Gasteiger charge is 2.37. The minimum Gasteiger partial charge on any atom is -0.328 e. The average Bonchev–Trinajstić information content (AvgIpc) is 2.46. The van der Waals surface area contributed by atoms with E-state index >= 15 is 0 Å². The van der Waals surface area contributed by atoms with Crippen LogP contribution in [-0.4, -0.2) is 31.9 Å². The van der Waals surface area contributed by atoms with Crippen molar-refractivity contribution >= 4 is 10.0 Å². The van der Waals surface area contributed by atoms with Crippen molar-refractivity contribution in [2.24, 2.45) is 11.7 Å². The van der Waals surface area contributed by atoms with Crippen molar-refractivity contribution in [3.63, 3.8) is 0 Å². The third-order valence-electron chi connectivity index (χ3n) is 4.05. The summed E-state index contributed by atoms with van der Waals surface area (Å²) < 4.78 is 77.8. The van der Waals surface area contributed by atoms with Gasteiger partial charge in [0.2, 0.25) is 10.0 Å². The van der Waals surface area contributed by atoms with Crippen LogP contribution in [0, 0.1) is 11.7 Å². The highest BCUT2D eigenvalue weighted by molar-refractivity contribution is 7.89. The fraction of sp³-hybridized carbons (Fsp3) is 0.571. The summed E-state index contributed by atoms with van der Waals surface area (Å²) in [5.41, 5.74) is 4.21. The van der Waals surface area contributed by atoms with Gasteiger partial charge in [-0.25, -0.2) is 12.8 Å². The zero-order valence-corrected chi connectivity index (χ0v) is 13.3. The fourth-order valence-electron chi connectivity index (χ4n) is 2.65. The van der Waals surface area contributed by atoms with Gasteiger partial charge in [-0.05, 0) is 43.9 Å². The minimum absolute atomic E-state index is 0.0546. The van der Waals surface area contributed by atoms with E-state index in [1.807, 2.05) is 0 Å². The van der Waals surface area contributed by atoms with Crippen LogP contribution in [0.3, 0.4) is 0 Å². The largest absolute Gasteiger partial charge is 0.419 e. The zero-order chi connectivity index (χ0) is 17.4. The van der Waals surface area contributed by atoms with Crippen LogP contribution in [0.1, 0.15) is 25.3 Å². The lowest BCUT2D eigenvalue weighted by Crippen LogP contribution is -2.45. The molecule has 1 saturated heterocycles. The van der Waals surface area contributed by atoms with E-state index in [2.05, 4.69) is 0 Å². The second-order valence-corrected chi connectivity index (χ2v) is 7.70. The monoisotopic (exact) mass is 354 g/mol. The SMILES string of the molecule is C[C@H](N)[C@H]1CCCN(S(=O)(=O)c2ccc(F)c(C(F)(F)F)c2)C1. The zero-order valence-electron chi connectivity index (χ0n) is 12.5. The van der Waals surface area contributed by atoms with Crippen LogP contribution in [0.2, 0.25) is 0 Å². The van der Waals surface area contributed by atoms with Gasteiger partial charge in [0.1, 0.15) is 5.82 Å². The topological polar surface area (TPSA) is 63.4 Å². The Labute approximate surface area is 132 Å². The van der Waals surface area contributed by atoms with E-state index in [1.54, 1.807) is 6.92 Å². The molecule has 0 bridgehead atoms. The van der Waals surface area contributed by atoms with Crippen LogP contribution in [0.15, 0.2) is 23.1 Å². The summed E-state index contributed by atoms with van der Waals surface area (Å²) >= 11 is 0. The number of rotatable bonds is 3. The van der Waals surface area contributed by atoms with Gasteiger partial charge in [0.15, 0.2) is 0 Å². The maximum Gasteiger partial charge on any atom is 0.419 e. The van der Waals surface area contributed by atoms with Crippen LogP contribution >= 0.6 is 0 Å². The molecule has 2 atom stereocenters. The van der Waals surface area contributed by atoms with Gasteiger partial charge < -0.3 is 5.73 Å². The number of nitrogens with zero attached hydrogens (tertiary/aromatic N) is 1. The molecule has 0 radical (unpaired) electrons. The highest BCUT2D eigenvalue weighted by Crippen LogP contribution is 2.34. The summed E-state index contributed by atoms with van der Waals surface area (Å²) in [5.74, 6) is -1.55. The normalized spacial score (nSPS) is 22.1. The van der Waals surface area contributed by atoms with Gasteiger partial charge in [-0.2, -0.15) is 17.5 Å². The van der Waals surface area contributed by atoms with Gasteiger partial charge in [0.25, 0.3) is 0 Å². The predicted octanol–water partition coefficient (Wildman–Crippen LogP) is 2.59. The first-order valence-electron chi connectivity index (χ1n) is 7.16. The molecular weight excluding hydrogens is 336 g/mol. The summed E-state index contributed by atoms with van der Waals surface area (Å²) in [4.78, 5) is -0.559. The van der Waals surface area contributed by atoms with E-state index in [0.29, 0.717) is 18.6 Å². The van der Waals surface area contributed by atoms with Crippen LogP contribution < -0.4 is 5.73 Å². The molecular formula is C14H18F4N2O2S. The Hall–Kier alpha value is -1.19. The molecule has 0 saturated carbocycles. The summed E-state index contributed by atoms with van der Waals surface area (Å²) in [7, 11) is -4.12. The molecule has 23 heavy (non-hydrogen) atoms. The number of benzene rings is 1. The smallest absolute Gasteiger partial charge is 0.328 e. The second kappa shape index (κ2) is 6.37. The summed E-state index contributed by atoms with van der Waals surface area (Å²) in [6.07, 6.45) is -3.61. The van der Waals surface area contributed by atoms with E-state index in [0.717, 1.165) is 16.8 Å². The molecule has 0 aromatic heterocycles. The minimum atomic E-state index is -4.95. The summed E-state index contributed by atoms with van der Waals surface area (Å²) in [6, 6.07) is 1.52. The molecule has 0 unspecified atom stereocenters. The Morgan fingerprint density at radius 1 is 1.35 bits per heavy atom. The number of hydrogen-bond acceptors (Lipinski definition) is 3. The van der Waals surface area contributed by atoms with Crippen LogP contribution in [0.4, 0.5) is 17.6 Å².